The second-order valence-corrected chi connectivity index (χ2v) is 5.88. The molecule has 0 aliphatic heterocycles. The van der Waals surface area contributed by atoms with Crippen molar-refractivity contribution < 1.29 is 14.3 Å². The highest BCUT2D eigenvalue weighted by atomic mass is 32.2. The van der Waals surface area contributed by atoms with Crippen LogP contribution in [0.15, 0.2) is 21.7 Å². The number of anilines is 1. The van der Waals surface area contributed by atoms with E-state index >= 15 is 0 Å². The van der Waals surface area contributed by atoms with Crippen molar-refractivity contribution in [1.82, 2.24) is 14.8 Å². The third-order valence-electron chi connectivity index (χ3n) is 2.73. The first-order valence-electron chi connectivity index (χ1n) is 6.10. The summed E-state index contributed by atoms with van der Waals surface area (Å²) in [5.41, 5.74) is 5.78. The molecule has 0 saturated carbocycles. The third-order valence-corrected chi connectivity index (χ3v) is 3.80. The molecule has 108 valence electrons. The normalized spacial score (nSPS) is 12.8. The fraction of sp³-hybridized carbons (Fsp3) is 0.417. The number of nitrogens with two attached hydrogens (primary N) is 1. The summed E-state index contributed by atoms with van der Waals surface area (Å²) in [6, 6.07) is 3.24. The maximum absolute atomic E-state index is 10.8. The van der Waals surface area contributed by atoms with E-state index in [1.54, 1.807) is 6.07 Å². The lowest BCUT2D eigenvalue weighted by Gasteiger charge is -2.13. The smallest absolute Gasteiger partial charge is 0.371 e. The van der Waals surface area contributed by atoms with Crippen LogP contribution in [0.2, 0.25) is 0 Å². The van der Waals surface area contributed by atoms with Crippen LogP contribution in [0.25, 0.3) is 0 Å². The number of carboxylic acid groups (broad SMARTS) is 1. The highest BCUT2D eigenvalue weighted by Gasteiger charge is 2.20. The lowest BCUT2D eigenvalue weighted by Crippen LogP contribution is -2.07. The summed E-state index contributed by atoms with van der Waals surface area (Å²) in [5, 5.41) is 17.3. The molecule has 0 amide bonds. The fourth-order valence-electron chi connectivity index (χ4n) is 1.76. The van der Waals surface area contributed by atoms with Gasteiger partial charge in [-0.1, -0.05) is 11.8 Å². The van der Waals surface area contributed by atoms with Crippen LogP contribution in [-0.2, 0) is 0 Å². The van der Waals surface area contributed by atoms with Gasteiger partial charge in [-0.3, -0.25) is 4.57 Å². The van der Waals surface area contributed by atoms with Crippen LogP contribution >= 0.6 is 11.8 Å². The zero-order valence-electron chi connectivity index (χ0n) is 11.4. The maximum Gasteiger partial charge on any atom is 0.371 e. The zero-order valence-corrected chi connectivity index (χ0v) is 12.2. The number of nitrogens with zero attached hydrogens (tertiary/aromatic N) is 3. The minimum absolute atomic E-state index is 0.0720. The molecule has 7 nitrogen and oxygen atoms in total. The predicted molar refractivity (Wildman–Crippen MR) is 74.8 cm³/mol. The summed E-state index contributed by atoms with van der Waals surface area (Å²) in [7, 11) is 0. The Kier molecular flexibility index (Phi) is 4.03. The largest absolute Gasteiger partial charge is 0.475 e. The van der Waals surface area contributed by atoms with E-state index in [0.29, 0.717) is 16.9 Å². The molecule has 3 N–H and O–H groups in total. The van der Waals surface area contributed by atoms with Gasteiger partial charge in [0.25, 0.3) is 0 Å². The molecule has 1 atom stereocenters. The Morgan fingerprint density at radius 2 is 2.10 bits per heavy atom. The molecule has 0 aliphatic rings. The van der Waals surface area contributed by atoms with E-state index in [1.165, 1.54) is 17.8 Å². The molecule has 2 heterocycles. The first-order chi connectivity index (χ1) is 9.40. The van der Waals surface area contributed by atoms with Gasteiger partial charge in [-0.2, -0.15) is 0 Å². The molecule has 1 unspecified atom stereocenters. The number of aromatic nitrogens is 3. The van der Waals surface area contributed by atoms with Crippen molar-refractivity contribution in [3.05, 3.63) is 23.7 Å². The Bertz CT molecular complexity index is 620. The van der Waals surface area contributed by atoms with Crippen LogP contribution in [0, 0.1) is 0 Å². The zero-order chi connectivity index (χ0) is 14.9. The Hall–Kier alpha value is -1.96. The van der Waals surface area contributed by atoms with E-state index in [1.807, 2.05) is 25.3 Å². The van der Waals surface area contributed by atoms with Crippen molar-refractivity contribution in [2.75, 3.05) is 5.73 Å². The van der Waals surface area contributed by atoms with Gasteiger partial charge in [0.2, 0.25) is 11.7 Å². The molecular weight excluding hydrogens is 280 g/mol. The predicted octanol–water partition coefficient (Wildman–Crippen LogP) is 2.59. The molecule has 0 bridgehead atoms. The SMILES string of the molecule is CC(Sc1nnc(N)n1C(C)C)c1ccc(C(=O)O)o1. The van der Waals surface area contributed by atoms with Crippen LogP contribution in [0.3, 0.4) is 0 Å². The van der Waals surface area contributed by atoms with E-state index < -0.39 is 5.97 Å². The van der Waals surface area contributed by atoms with Gasteiger partial charge in [0, 0.05) is 6.04 Å². The van der Waals surface area contributed by atoms with Crippen molar-refractivity contribution in [3.8, 4) is 0 Å². The van der Waals surface area contributed by atoms with Gasteiger partial charge >= 0.3 is 5.97 Å². The third kappa shape index (κ3) is 2.79. The molecular formula is C12H16N4O3S. The van der Waals surface area contributed by atoms with E-state index in [4.69, 9.17) is 15.3 Å². The molecule has 0 radical (unpaired) electrons. The van der Waals surface area contributed by atoms with E-state index in [-0.39, 0.29) is 17.1 Å². The maximum atomic E-state index is 10.8. The summed E-state index contributed by atoms with van der Waals surface area (Å²) in [5.74, 6) is -0.218. The van der Waals surface area contributed by atoms with Crippen LogP contribution in [0.4, 0.5) is 5.95 Å². The van der Waals surface area contributed by atoms with Gasteiger partial charge in [-0.05, 0) is 32.9 Å². The van der Waals surface area contributed by atoms with Crippen molar-refractivity contribution in [2.24, 2.45) is 0 Å². The van der Waals surface area contributed by atoms with Crippen LogP contribution in [0.1, 0.15) is 48.4 Å². The summed E-state index contributed by atoms with van der Waals surface area (Å²) >= 11 is 1.42. The fourth-order valence-corrected chi connectivity index (χ4v) is 2.82. The number of carboxylic acids is 1. The Morgan fingerprint density at radius 1 is 1.40 bits per heavy atom. The molecule has 0 aromatic carbocycles. The summed E-state index contributed by atoms with van der Waals surface area (Å²) in [6.07, 6.45) is 0. The summed E-state index contributed by atoms with van der Waals surface area (Å²) in [4.78, 5) is 10.8. The number of hydrogen-bond donors (Lipinski definition) is 2. The average molecular weight is 296 g/mol. The van der Waals surface area contributed by atoms with Gasteiger partial charge in [-0.25, -0.2) is 4.79 Å². The topological polar surface area (TPSA) is 107 Å². The Labute approximate surface area is 120 Å². The van der Waals surface area contributed by atoms with Gasteiger partial charge in [0.05, 0.1) is 5.25 Å². The van der Waals surface area contributed by atoms with Crippen molar-refractivity contribution in [3.63, 3.8) is 0 Å². The lowest BCUT2D eigenvalue weighted by atomic mass is 10.3. The van der Waals surface area contributed by atoms with Crippen LogP contribution in [0.5, 0.6) is 0 Å². The number of carbonyl (C=O) groups is 1. The van der Waals surface area contributed by atoms with Crippen molar-refractivity contribution >= 4 is 23.7 Å². The van der Waals surface area contributed by atoms with Crippen LogP contribution in [-0.4, -0.2) is 25.8 Å². The molecule has 0 saturated heterocycles. The average Bonchev–Trinajstić information content (AvgIpc) is 2.96. The lowest BCUT2D eigenvalue weighted by molar-refractivity contribution is 0.0660. The van der Waals surface area contributed by atoms with E-state index in [0.717, 1.165) is 0 Å². The van der Waals surface area contributed by atoms with Crippen molar-refractivity contribution in [1.29, 1.82) is 0 Å². The molecule has 0 aliphatic carbocycles. The number of hydrogen-bond acceptors (Lipinski definition) is 6. The van der Waals surface area contributed by atoms with Gasteiger partial charge < -0.3 is 15.3 Å². The molecule has 2 aromatic heterocycles. The van der Waals surface area contributed by atoms with E-state index in [9.17, 15) is 4.79 Å². The second-order valence-electron chi connectivity index (χ2n) is 4.57. The molecule has 2 aromatic rings. The summed E-state index contributed by atoms with van der Waals surface area (Å²) < 4.78 is 7.10. The minimum atomic E-state index is -1.08. The van der Waals surface area contributed by atoms with Gasteiger partial charge in [0.1, 0.15) is 5.76 Å². The molecule has 20 heavy (non-hydrogen) atoms. The molecule has 0 fully saturated rings. The van der Waals surface area contributed by atoms with E-state index in [2.05, 4.69) is 10.2 Å². The standard InChI is InChI=1S/C12H16N4O3S/c1-6(2)16-11(13)14-15-12(16)20-7(3)8-4-5-9(19-8)10(17)18/h4-7H,1-3H3,(H2,13,14)(H,17,18). The van der Waals surface area contributed by atoms with Crippen LogP contribution < -0.4 is 5.73 Å². The van der Waals surface area contributed by atoms with Gasteiger partial charge in [-0.15, -0.1) is 10.2 Å². The first kappa shape index (κ1) is 14.4. The highest BCUT2D eigenvalue weighted by Crippen LogP contribution is 2.36. The summed E-state index contributed by atoms with van der Waals surface area (Å²) in [6.45, 7) is 5.89. The minimum Gasteiger partial charge on any atom is -0.475 e. The highest BCUT2D eigenvalue weighted by molar-refractivity contribution is 7.99. The molecule has 2 rings (SSSR count). The number of furan rings is 1. The number of rotatable bonds is 5. The number of thioether (sulfide) groups is 1. The quantitative estimate of drug-likeness (QED) is 0.816. The number of aromatic carboxylic acids is 1. The molecule has 8 heteroatoms. The van der Waals surface area contributed by atoms with Gasteiger partial charge in [0.15, 0.2) is 5.16 Å². The Morgan fingerprint density at radius 3 is 2.65 bits per heavy atom. The second kappa shape index (κ2) is 5.58. The molecule has 0 spiro atoms. The number of nitrogen functional groups attached to an aromatic ring is 1. The monoisotopic (exact) mass is 296 g/mol. The first-order valence-corrected chi connectivity index (χ1v) is 6.98. The van der Waals surface area contributed by atoms with Crippen molar-refractivity contribution in [2.45, 2.75) is 37.2 Å². The Balaban J connectivity index is 2.19.